The van der Waals surface area contributed by atoms with E-state index in [1.807, 2.05) is 20.8 Å². The van der Waals surface area contributed by atoms with Crippen LogP contribution >= 0.6 is 0 Å². The molecule has 1 aliphatic heterocycles. The van der Waals surface area contributed by atoms with Gasteiger partial charge < -0.3 is 15.0 Å². The maximum absolute atomic E-state index is 12.9. The van der Waals surface area contributed by atoms with E-state index in [9.17, 15) is 18.0 Å². The molecule has 0 bridgehead atoms. The molecule has 0 aliphatic carbocycles. The minimum Gasteiger partial charge on any atom is -0.406 e. The minimum atomic E-state index is -4.80. The molecule has 7 nitrogen and oxygen atoms in total. The molecule has 0 saturated heterocycles. The fourth-order valence-electron chi connectivity index (χ4n) is 3.70. The maximum Gasteiger partial charge on any atom is 0.573 e. The van der Waals surface area contributed by atoms with Gasteiger partial charge in [-0.15, -0.1) is 13.2 Å². The number of pyridine rings is 1. The summed E-state index contributed by atoms with van der Waals surface area (Å²) in [5.41, 5.74) is 2.08. The largest absolute Gasteiger partial charge is 0.573 e. The Morgan fingerprint density at radius 3 is 2.50 bits per heavy atom. The molecular formula is C24H24F3N5O2. The number of ether oxygens (including phenoxy) is 1. The van der Waals surface area contributed by atoms with Gasteiger partial charge in [0, 0.05) is 53.7 Å². The highest BCUT2D eigenvalue weighted by molar-refractivity contribution is 5.82. The topological polar surface area (TPSA) is 80.2 Å². The van der Waals surface area contributed by atoms with Crippen molar-refractivity contribution >= 4 is 17.4 Å². The van der Waals surface area contributed by atoms with Gasteiger partial charge in [-0.1, -0.05) is 26.8 Å². The SMILES string of the molecule is CC(C)(C)C(=O)N1CCc2nc(-c3ccncc3)nc(Nc3cccc(OC(F)(F)F)c3)c2C1. The van der Waals surface area contributed by atoms with Crippen LogP contribution in [0, 0.1) is 5.41 Å². The summed E-state index contributed by atoms with van der Waals surface area (Å²) in [4.78, 5) is 28.1. The molecule has 3 heterocycles. The second-order valence-electron chi connectivity index (χ2n) is 8.98. The highest BCUT2D eigenvalue weighted by Gasteiger charge is 2.33. The summed E-state index contributed by atoms with van der Waals surface area (Å²) in [6, 6.07) is 9.10. The van der Waals surface area contributed by atoms with E-state index >= 15 is 0 Å². The third kappa shape index (κ3) is 5.44. The number of anilines is 2. The molecule has 34 heavy (non-hydrogen) atoms. The first kappa shape index (κ1) is 23.5. The van der Waals surface area contributed by atoms with Crippen LogP contribution in [0.25, 0.3) is 11.4 Å². The molecule has 1 aromatic carbocycles. The number of halogens is 3. The monoisotopic (exact) mass is 471 g/mol. The van der Waals surface area contributed by atoms with Crippen LogP contribution < -0.4 is 10.1 Å². The van der Waals surface area contributed by atoms with Gasteiger partial charge in [0.25, 0.3) is 0 Å². The van der Waals surface area contributed by atoms with Gasteiger partial charge in [-0.25, -0.2) is 9.97 Å². The average molecular weight is 471 g/mol. The van der Waals surface area contributed by atoms with Gasteiger partial charge in [-0.3, -0.25) is 9.78 Å². The van der Waals surface area contributed by atoms with Crippen LogP contribution in [0.5, 0.6) is 5.75 Å². The summed E-state index contributed by atoms with van der Waals surface area (Å²) in [6.07, 6.45) is -1.00. The Morgan fingerprint density at radius 1 is 1.09 bits per heavy atom. The average Bonchev–Trinajstić information content (AvgIpc) is 2.77. The summed E-state index contributed by atoms with van der Waals surface area (Å²) in [5, 5.41) is 3.11. The molecule has 0 atom stereocenters. The summed E-state index contributed by atoms with van der Waals surface area (Å²) in [6.45, 7) is 6.39. The smallest absolute Gasteiger partial charge is 0.406 e. The van der Waals surface area contributed by atoms with Crippen LogP contribution in [-0.2, 0) is 17.8 Å². The molecule has 2 aromatic heterocycles. The minimum absolute atomic E-state index is 0.00267. The van der Waals surface area contributed by atoms with Crippen LogP contribution in [0.4, 0.5) is 24.7 Å². The number of fused-ring (bicyclic) bond motifs is 1. The number of rotatable bonds is 4. The van der Waals surface area contributed by atoms with E-state index in [-0.39, 0.29) is 11.7 Å². The number of carbonyl (C=O) groups is 1. The zero-order valence-corrected chi connectivity index (χ0v) is 19.0. The molecule has 0 fully saturated rings. The van der Waals surface area contributed by atoms with Gasteiger partial charge >= 0.3 is 6.36 Å². The molecule has 0 spiro atoms. The lowest BCUT2D eigenvalue weighted by Crippen LogP contribution is -2.42. The predicted octanol–water partition coefficient (Wildman–Crippen LogP) is 5.11. The van der Waals surface area contributed by atoms with Gasteiger partial charge in [0.2, 0.25) is 5.91 Å². The Balaban J connectivity index is 1.73. The van der Waals surface area contributed by atoms with Crippen molar-refractivity contribution in [2.75, 3.05) is 11.9 Å². The summed E-state index contributed by atoms with van der Waals surface area (Å²) < 4.78 is 42.1. The number of nitrogens with zero attached hydrogens (tertiary/aromatic N) is 4. The van der Waals surface area contributed by atoms with Gasteiger partial charge in [0.05, 0.1) is 12.2 Å². The number of benzene rings is 1. The second kappa shape index (κ2) is 8.92. The standard InChI is InChI=1S/C24H24F3N5O2/c1-23(2,3)22(33)32-12-9-19-18(14-32)21(31-20(30-19)15-7-10-28-11-8-15)29-16-5-4-6-17(13-16)34-24(25,26)27/h4-8,10-11,13H,9,12,14H2,1-3H3,(H,29,30,31). The van der Waals surface area contributed by atoms with E-state index in [2.05, 4.69) is 20.0 Å². The van der Waals surface area contributed by atoms with Crippen molar-refractivity contribution in [1.29, 1.82) is 0 Å². The molecule has 4 rings (SSSR count). The number of nitrogens with one attached hydrogen (secondary N) is 1. The van der Waals surface area contributed by atoms with Crippen molar-refractivity contribution in [1.82, 2.24) is 19.9 Å². The lowest BCUT2D eigenvalue weighted by molar-refractivity contribution is -0.274. The van der Waals surface area contributed by atoms with Crippen molar-refractivity contribution < 1.29 is 22.7 Å². The van der Waals surface area contributed by atoms with E-state index in [1.54, 1.807) is 35.5 Å². The normalized spacial score (nSPS) is 13.9. The molecule has 1 N–H and O–H groups in total. The second-order valence-corrected chi connectivity index (χ2v) is 8.98. The van der Waals surface area contributed by atoms with Crippen LogP contribution in [0.2, 0.25) is 0 Å². The summed E-state index contributed by atoms with van der Waals surface area (Å²) in [5.74, 6) is 0.538. The van der Waals surface area contributed by atoms with Gasteiger partial charge in [-0.2, -0.15) is 0 Å². The fraction of sp³-hybridized carbons (Fsp3) is 0.333. The van der Waals surface area contributed by atoms with E-state index in [1.165, 1.54) is 18.2 Å². The molecule has 0 unspecified atom stereocenters. The van der Waals surface area contributed by atoms with Crippen molar-refractivity contribution in [3.05, 3.63) is 60.0 Å². The predicted molar refractivity (Wildman–Crippen MR) is 120 cm³/mol. The maximum atomic E-state index is 12.9. The van der Waals surface area contributed by atoms with Crippen molar-refractivity contribution in [3.8, 4) is 17.1 Å². The molecule has 1 aliphatic rings. The quantitative estimate of drug-likeness (QED) is 0.570. The molecule has 10 heteroatoms. The van der Waals surface area contributed by atoms with Gasteiger partial charge in [0.15, 0.2) is 5.82 Å². The van der Waals surface area contributed by atoms with Crippen molar-refractivity contribution in [2.24, 2.45) is 5.41 Å². The third-order valence-corrected chi connectivity index (χ3v) is 5.26. The third-order valence-electron chi connectivity index (χ3n) is 5.26. The Kier molecular flexibility index (Phi) is 6.16. The fourth-order valence-corrected chi connectivity index (χ4v) is 3.70. The lowest BCUT2D eigenvalue weighted by atomic mass is 9.93. The molecular weight excluding hydrogens is 447 g/mol. The number of amides is 1. The highest BCUT2D eigenvalue weighted by Crippen LogP contribution is 2.32. The van der Waals surface area contributed by atoms with Crippen LogP contribution in [-0.4, -0.2) is 38.7 Å². The molecule has 0 saturated carbocycles. The van der Waals surface area contributed by atoms with Crippen molar-refractivity contribution in [2.45, 2.75) is 40.1 Å². The van der Waals surface area contributed by atoms with E-state index in [0.29, 0.717) is 36.8 Å². The zero-order valence-electron chi connectivity index (χ0n) is 19.0. The molecule has 3 aromatic rings. The van der Waals surface area contributed by atoms with Crippen LogP contribution in [0.15, 0.2) is 48.8 Å². The van der Waals surface area contributed by atoms with Gasteiger partial charge in [-0.05, 0) is 24.3 Å². The molecule has 0 radical (unpaired) electrons. The number of aromatic nitrogens is 3. The lowest BCUT2D eigenvalue weighted by Gasteiger charge is -2.34. The van der Waals surface area contributed by atoms with Crippen LogP contribution in [0.3, 0.4) is 0 Å². The van der Waals surface area contributed by atoms with Crippen molar-refractivity contribution in [3.63, 3.8) is 0 Å². The Bertz CT molecular complexity index is 1190. The summed E-state index contributed by atoms with van der Waals surface area (Å²) in [7, 11) is 0. The van der Waals surface area contributed by atoms with E-state index in [4.69, 9.17) is 4.98 Å². The Hall–Kier alpha value is -3.69. The number of hydrogen-bond donors (Lipinski definition) is 1. The number of alkyl halides is 3. The highest BCUT2D eigenvalue weighted by atomic mass is 19.4. The van der Waals surface area contributed by atoms with Gasteiger partial charge in [0.1, 0.15) is 11.6 Å². The molecule has 1 amide bonds. The Morgan fingerprint density at radius 2 is 1.82 bits per heavy atom. The molecule has 178 valence electrons. The first-order chi connectivity index (χ1) is 16.0. The zero-order chi connectivity index (χ0) is 24.5. The van der Waals surface area contributed by atoms with E-state index < -0.39 is 11.8 Å². The number of hydrogen-bond acceptors (Lipinski definition) is 6. The number of carbonyl (C=O) groups excluding carboxylic acids is 1. The van der Waals surface area contributed by atoms with E-state index in [0.717, 1.165) is 16.8 Å². The first-order valence-electron chi connectivity index (χ1n) is 10.7. The van der Waals surface area contributed by atoms with Crippen LogP contribution in [0.1, 0.15) is 32.0 Å². The Labute approximate surface area is 195 Å². The summed E-state index contributed by atoms with van der Waals surface area (Å²) >= 11 is 0. The first-order valence-corrected chi connectivity index (χ1v) is 10.7.